The summed E-state index contributed by atoms with van der Waals surface area (Å²) in [6.45, 7) is 9.51. The van der Waals surface area contributed by atoms with Crippen LogP contribution in [-0.4, -0.2) is 45.3 Å². The Hall–Kier alpha value is -1.67. The number of nitrogens with two attached hydrogens (primary N) is 1. The summed E-state index contributed by atoms with van der Waals surface area (Å²) < 4.78 is 0. The van der Waals surface area contributed by atoms with Gasteiger partial charge in [-0.15, -0.1) is 0 Å². The summed E-state index contributed by atoms with van der Waals surface area (Å²) in [6.07, 6.45) is 0.737. The fraction of sp³-hybridized carbons (Fsp3) is 0.750. The summed E-state index contributed by atoms with van der Waals surface area (Å²) in [5, 5.41) is 12.6. The molecular formula is C12H25N7O. The summed E-state index contributed by atoms with van der Waals surface area (Å²) in [5.41, 5.74) is 1.96. The average Bonchev–Trinajstić information content (AvgIpc) is 2.48. The molecule has 0 spiro atoms. The maximum Gasteiger partial charge on any atom is 0.243 e. The van der Waals surface area contributed by atoms with Crippen molar-refractivity contribution < 1.29 is 5.11 Å². The van der Waals surface area contributed by atoms with Crippen molar-refractivity contribution in [3.63, 3.8) is 0 Å². The molecule has 8 heteroatoms. The standard InChI is InChI=1S/C12H25N7O/c1-5-12(4,8-20)17-9-14-10(18-13)16-11(15-9)19(6-2)7-3/h20H,5-8,13H2,1-4H3,(H2,14,15,16,17,18). The topological polar surface area (TPSA) is 112 Å². The van der Waals surface area contributed by atoms with Gasteiger partial charge in [-0.1, -0.05) is 6.92 Å². The molecule has 0 amide bonds. The van der Waals surface area contributed by atoms with Crippen LogP contribution >= 0.6 is 0 Å². The minimum Gasteiger partial charge on any atom is -0.394 e. The Balaban J connectivity index is 3.10. The van der Waals surface area contributed by atoms with Crippen LogP contribution in [0.5, 0.6) is 0 Å². The van der Waals surface area contributed by atoms with Gasteiger partial charge in [0.05, 0.1) is 12.1 Å². The molecule has 1 aromatic heterocycles. The van der Waals surface area contributed by atoms with Gasteiger partial charge in [0.25, 0.3) is 0 Å². The molecule has 20 heavy (non-hydrogen) atoms. The van der Waals surface area contributed by atoms with E-state index in [9.17, 15) is 5.11 Å². The highest BCUT2D eigenvalue weighted by Crippen LogP contribution is 2.18. The SMILES string of the molecule is CCN(CC)c1nc(NN)nc(NC(C)(CC)CO)n1. The third kappa shape index (κ3) is 3.91. The number of aliphatic hydroxyl groups is 1. The highest BCUT2D eigenvalue weighted by molar-refractivity contribution is 5.44. The number of aliphatic hydroxyl groups excluding tert-OH is 1. The summed E-state index contributed by atoms with van der Waals surface area (Å²) in [7, 11) is 0. The van der Waals surface area contributed by atoms with E-state index >= 15 is 0 Å². The molecule has 1 atom stereocenters. The molecular weight excluding hydrogens is 258 g/mol. The lowest BCUT2D eigenvalue weighted by molar-refractivity contribution is 0.218. The number of hydrazine groups is 1. The molecule has 0 saturated heterocycles. The second-order valence-electron chi connectivity index (χ2n) is 4.80. The van der Waals surface area contributed by atoms with Crippen LogP contribution < -0.4 is 21.5 Å². The van der Waals surface area contributed by atoms with Crippen LogP contribution in [0.3, 0.4) is 0 Å². The molecule has 1 aromatic rings. The number of nitrogen functional groups attached to an aromatic ring is 1. The molecule has 0 aliphatic heterocycles. The normalized spacial score (nSPS) is 13.7. The van der Waals surface area contributed by atoms with Crippen molar-refractivity contribution in [2.24, 2.45) is 5.84 Å². The van der Waals surface area contributed by atoms with Crippen molar-refractivity contribution in [2.75, 3.05) is 35.3 Å². The van der Waals surface area contributed by atoms with Crippen LogP contribution in [-0.2, 0) is 0 Å². The summed E-state index contributed by atoms with van der Waals surface area (Å²) in [5.74, 6) is 6.64. The molecule has 114 valence electrons. The Labute approximate surface area is 119 Å². The first-order valence-electron chi connectivity index (χ1n) is 6.88. The molecule has 1 heterocycles. The lowest BCUT2D eigenvalue weighted by atomic mass is 10.0. The largest absolute Gasteiger partial charge is 0.394 e. The van der Waals surface area contributed by atoms with Crippen molar-refractivity contribution in [3.8, 4) is 0 Å². The van der Waals surface area contributed by atoms with E-state index in [2.05, 4.69) is 25.7 Å². The first-order valence-corrected chi connectivity index (χ1v) is 6.88. The zero-order valence-electron chi connectivity index (χ0n) is 12.6. The van der Waals surface area contributed by atoms with Gasteiger partial charge in [-0.2, -0.15) is 15.0 Å². The molecule has 0 radical (unpaired) electrons. The van der Waals surface area contributed by atoms with Crippen LogP contribution in [0.15, 0.2) is 0 Å². The first-order chi connectivity index (χ1) is 9.51. The van der Waals surface area contributed by atoms with Crippen LogP contribution in [0.4, 0.5) is 17.8 Å². The van der Waals surface area contributed by atoms with E-state index in [0.717, 1.165) is 19.5 Å². The number of rotatable bonds is 8. The molecule has 0 saturated carbocycles. The van der Waals surface area contributed by atoms with Gasteiger partial charge in [0.2, 0.25) is 17.8 Å². The van der Waals surface area contributed by atoms with E-state index in [1.807, 2.05) is 32.6 Å². The van der Waals surface area contributed by atoms with Crippen molar-refractivity contribution in [1.82, 2.24) is 15.0 Å². The van der Waals surface area contributed by atoms with Gasteiger partial charge in [-0.3, -0.25) is 5.43 Å². The van der Waals surface area contributed by atoms with Gasteiger partial charge in [0.15, 0.2) is 0 Å². The molecule has 5 N–H and O–H groups in total. The van der Waals surface area contributed by atoms with Crippen LogP contribution in [0.1, 0.15) is 34.1 Å². The van der Waals surface area contributed by atoms with E-state index in [1.165, 1.54) is 0 Å². The Morgan fingerprint density at radius 3 is 2.20 bits per heavy atom. The zero-order valence-corrected chi connectivity index (χ0v) is 12.6. The van der Waals surface area contributed by atoms with Gasteiger partial charge < -0.3 is 15.3 Å². The second kappa shape index (κ2) is 7.20. The summed E-state index contributed by atoms with van der Waals surface area (Å²) in [6, 6.07) is 0. The number of hydrogen-bond acceptors (Lipinski definition) is 8. The van der Waals surface area contributed by atoms with E-state index in [1.54, 1.807) is 0 Å². The van der Waals surface area contributed by atoms with E-state index < -0.39 is 5.54 Å². The van der Waals surface area contributed by atoms with Crippen molar-refractivity contribution in [3.05, 3.63) is 0 Å². The molecule has 0 fully saturated rings. The first kappa shape index (κ1) is 16.4. The smallest absolute Gasteiger partial charge is 0.243 e. The van der Waals surface area contributed by atoms with Gasteiger partial charge >= 0.3 is 0 Å². The number of nitrogens with one attached hydrogen (secondary N) is 2. The number of anilines is 3. The zero-order chi connectivity index (χ0) is 15.2. The molecule has 8 nitrogen and oxygen atoms in total. The van der Waals surface area contributed by atoms with Crippen LogP contribution in [0.2, 0.25) is 0 Å². The molecule has 0 aliphatic rings. The lowest BCUT2D eigenvalue weighted by Crippen LogP contribution is -2.39. The second-order valence-corrected chi connectivity index (χ2v) is 4.80. The monoisotopic (exact) mass is 283 g/mol. The Bertz CT molecular complexity index is 418. The number of nitrogens with zero attached hydrogens (tertiary/aromatic N) is 4. The maximum absolute atomic E-state index is 9.46. The van der Waals surface area contributed by atoms with Crippen molar-refractivity contribution in [1.29, 1.82) is 0 Å². The third-order valence-corrected chi connectivity index (χ3v) is 3.34. The molecule has 0 aliphatic carbocycles. The minimum atomic E-state index is -0.478. The number of hydrogen-bond donors (Lipinski definition) is 4. The third-order valence-electron chi connectivity index (χ3n) is 3.34. The summed E-state index contributed by atoms with van der Waals surface area (Å²) >= 11 is 0. The Morgan fingerprint density at radius 1 is 1.15 bits per heavy atom. The number of aromatic nitrogens is 3. The Morgan fingerprint density at radius 2 is 1.75 bits per heavy atom. The van der Waals surface area contributed by atoms with Gasteiger partial charge in [0, 0.05) is 13.1 Å². The minimum absolute atomic E-state index is 0.0127. The quantitative estimate of drug-likeness (QED) is 0.405. The van der Waals surface area contributed by atoms with Crippen LogP contribution in [0.25, 0.3) is 0 Å². The van der Waals surface area contributed by atoms with E-state index in [4.69, 9.17) is 5.84 Å². The maximum atomic E-state index is 9.46. The van der Waals surface area contributed by atoms with Crippen molar-refractivity contribution in [2.45, 2.75) is 39.7 Å². The van der Waals surface area contributed by atoms with Gasteiger partial charge in [-0.05, 0) is 27.2 Å². The van der Waals surface area contributed by atoms with E-state index in [0.29, 0.717) is 17.8 Å². The highest BCUT2D eigenvalue weighted by atomic mass is 16.3. The predicted octanol–water partition coefficient (Wildman–Crippen LogP) is 0.576. The summed E-state index contributed by atoms with van der Waals surface area (Å²) in [4.78, 5) is 14.8. The molecule has 1 unspecified atom stereocenters. The van der Waals surface area contributed by atoms with Crippen molar-refractivity contribution >= 4 is 17.8 Å². The molecule has 0 aromatic carbocycles. The lowest BCUT2D eigenvalue weighted by Gasteiger charge is -2.28. The van der Waals surface area contributed by atoms with E-state index in [-0.39, 0.29) is 6.61 Å². The predicted molar refractivity (Wildman–Crippen MR) is 80.6 cm³/mol. The fourth-order valence-electron chi connectivity index (χ4n) is 1.64. The molecule has 0 bridgehead atoms. The fourth-order valence-corrected chi connectivity index (χ4v) is 1.64. The van der Waals surface area contributed by atoms with Crippen LogP contribution in [0, 0.1) is 0 Å². The Kier molecular flexibility index (Phi) is 5.90. The highest BCUT2D eigenvalue weighted by Gasteiger charge is 2.23. The average molecular weight is 283 g/mol. The van der Waals surface area contributed by atoms with Gasteiger partial charge in [-0.25, -0.2) is 5.84 Å². The molecule has 1 rings (SSSR count). The van der Waals surface area contributed by atoms with Gasteiger partial charge in [0.1, 0.15) is 0 Å².